The third-order valence-corrected chi connectivity index (χ3v) is 4.70. The molecule has 3 rings (SSSR count). The second-order valence-corrected chi connectivity index (χ2v) is 6.76. The molecular weight excluding hydrogens is 345 g/mol. The quantitative estimate of drug-likeness (QED) is 0.459. The van der Waals surface area contributed by atoms with Gasteiger partial charge in [0.15, 0.2) is 5.16 Å². The average Bonchev–Trinajstić information content (AvgIpc) is 2.68. The van der Waals surface area contributed by atoms with Gasteiger partial charge in [-0.05, 0) is 42.4 Å². The highest BCUT2D eigenvalue weighted by Gasteiger charge is 2.07. The van der Waals surface area contributed by atoms with E-state index in [1.54, 1.807) is 12.1 Å². The summed E-state index contributed by atoms with van der Waals surface area (Å²) in [5, 5.41) is 4.06. The van der Waals surface area contributed by atoms with Crippen LogP contribution in [0.5, 0.6) is 0 Å². The number of halogens is 1. The van der Waals surface area contributed by atoms with Gasteiger partial charge < -0.3 is 5.32 Å². The van der Waals surface area contributed by atoms with Gasteiger partial charge in [0.2, 0.25) is 0 Å². The normalized spacial score (nSPS) is 10.7. The van der Waals surface area contributed by atoms with Crippen LogP contribution in [0.4, 0.5) is 10.2 Å². The molecule has 3 nitrogen and oxygen atoms in total. The summed E-state index contributed by atoms with van der Waals surface area (Å²) in [6, 6.07) is 17.1. The molecule has 0 saturated heterocycles. The van der Waals surface area contributed by atoms with E-state index in [2.05, 4.69) is 46.5 Å². The number of nitrogens with one attached hydrogen (secondary N) is 1. The molecule has 0 bridgehead atoms. The van der Waals surface area contributed by atoms with Crippen LogP contribution in [-0.4, -0.2) is 22.8 Å². The molecule has 5 heteroatoms. The highest BCUT2D eigenvalue weighted by molar-refractivity contribution is 7.98. The van der Waals surface area contributed by atoms with E-state index >= 15 is 0 Å². The van der Waals surface area contributed by atoms with Gasteiger partial charge in [-0.1, -0.05) is 55.1 Å². The van der Waals surface area contributed by atoms with E-state index in [1.165, 1.54) is 23.4 Å². The van der Waals surface area contributed by atoms with Crippen molar-refractivity contribution in [2.45, 2.75) is 24.9 Å². The van der Waals surface area contributed by atoms with Crippen molar-refractivity contribution in [2.24, 2.45) is 0 Å². The molecule has 0 aliphatic carbocycles. The van der Waals surface area contributed by atoms with E-state index in [9.17, 15) is 4.39 Å². The van der Waals surface area contributed by atoms with E-state index in [-0.39, 0.29) is 5.82 Å². The molecule has 26 heavy (non-hydrogen) atoms. The zero-order valence-corrected chi connectivity index (χ0v) is 15.8. The molecule has 134 valence electrons. The molecule has 0 atom stereocenters. The van der Waals surface area contributed by atoms with Crippen molar-refractivity contribution in [2.75, 3.05) is 18.1 Å². The predicted octanol–water partition coefficient (Wildman–Crippen LogP) is 5.22. The van der Waals surface area contributed by atoms with Crippen molar-refractivity contribution in [3.63, 3.8) is 0 Å². The molecular formula is C21H22FN3S. The number of rotatable bonds is 7. The highest BCUT2D eigenvalue weighted by Crippen LogP contribution is 2.23. The molecule has 0 saturated carbocycles. The molecule has 0 aliphatic heterocycles. The van der Waals surface area contributed by atoms with Crippen molar-refractivity contribution in [1.29, 1.82) is 0 Å². The summed E-state index contributed by atoms with van der Waals surface area (Å²) in [5.41, 5.74) is 4.25. The summed E-state index contributed by atoms with van der Waals surface area (Å²) in [4.78, 5) is 9.14. The maximum absolute atomic E-state index is 13.3. The van der Waals surface area contributed by atoms with Gasteiger partial charge >= 0.3 is 0 Å². The van der Waals surface area contributed by atoms with Crippen LogP contribution in [-0.2, 0) is 12.8 Å². The van der Waals surface area contributed by atoms with Crippen molar-refractivity contribution >= 4 is 17.6 Å². The molecule has 0 amide bonds. The molecule has 0 fully saturated rings. The first-order valence-electron chi connectivity index (χ1n) is 8.68. The Morgan fingerprint density at radius 1 is 1.00 bits per heavy atom. The second kappa shape index (κ2) is 8.81. The van der Waals surface area contributed by atoms with Crippen LogP contribution in [0, 0.1) is 5.82 Å². The topological polar surface area (TPSA) is 37.8 Å². The van der Waals surface area contributed by atoms with E-state index in [1.807, 2.05) is 18.4 Å². The van der Waals surface area contributed by atoms with Gasteiger partial charge in [-0.2, -0.15) is 0 Å². The Morgan fingerprint density at radius 3 is 2.50 bits per heavy atom. The smallest absolute Gasteiger partial charge is 0.189 e. The molecule has 2 aromatic carbocycles. The van der Waals surface area contributed by atoms with Crippen LogP contribution in [0.25, 0.3) is 11.3 Å². The number of anilines is 1. The largest absolute Gasteiger partial charge is 0.370 e. The SMILES string of the molecule is CCc1ccc(-c2cc(NCCc3cccc(F)c3)nc(SC)n2)cc1. The lowest BCUT2D eigenvalue weighted by Gasteiger charge is -2.10. The maximum atomic E-state index is 13.3. The lowest BCUT2D eigenvalue weighted by atomic mass is 10.1. The third kappa shape index (κ3) is 4.82. The van der Waals surface area contributed by atoms with Crippen molar-refractivity contribution < 1.29 is 4.39 Å². The molecule has 1 heterocycles. The summed E-state index contributed by atoms with van der Waals surface area (Å²) in [6.07, 6.45) is 3.72. The summed E-state index contributed by atoms with van der Waals surface area (Å²) >= 11 is 1.52. The molecule has 0 aliphatic rings. The fourth-order valence-corrected chi connectivity index (χ4v) is 3.07. The predicted molar refractivity (Wildman–Crippen MR) is 107 cm³/mol. The first kappa shape index (κ1) is 18.4. The van der Waals surface area contributed by atoms with Gasteiger partial charge in [0.05, 0.1) is 5.69 Å². The summed E-state index contributed by atoms with van der Waals surface area (Å²) in [5.74, 6) is 0.585. The standard InChI is InChI=1S/C21H22FN3S/c1-3-15-7-9-17(10-8-15)19-14-20(25-21(24-19)26-2)23-12-11-16-5-4-6-18(22)13-16/h4-10,13-14H,3,11-12H2,1-2H3,(H,23,24,25). The number of nitrogens with zero attached hydrogens (tertiary/aromatic N) is 2. The average molecular weight is 367 g/mol. The van der Waals surface area contributed by atoms with Crippen molar-refractivity contribution in [3.05, 3.63) is 71.5 Å². The van der Waals surface area contributed by atoms with Crippen LogP contribution < -0.4 is 5.32 Å². The molecule has 1 N–H and O–H groups in total. The third-order valence-electron chi connectivity index (χ3n) is 4.15. The first-order valence-corrected chi connectivity index (χ1v) is 9.91. The van der Waals surface area contributed by atoms with Crippen molar-refractivity contribution in [3.8, 4) is 11.3 Å². The Morgan fingerprint density at radius 2 is 1.81 bits per heavy atom. The van der Waals surface area contributed by atoms with Gasteiger partial charge in [0, 0.05) is 18.2 Å². The van der Waals surface area contributed by atoms with Gasteiger partial charge in [-0.15, -0.1) is 0 Å². The zero-order chi connectivity index (χ0) is 18.4. The summed E-state index contributed by atoms with van der Waals surface area (Å²) < 4.78 is 13.3. The number of aryl methyl sites for hydroxylation is 1. The van der Waals surface area contributed by atoms with Crippen LogP contribution in [0.1, 0.15) is 18.1 Å². The minimum atomic E-state index is -0.202. The lowest BCUT2D eigenvalue weighted by Crippen LogP contribution is -2.07. The molecule has 1 aromatic heterocycles. The van der Waals surface area contributed by atoms with Crippen LogP contribution in [0.2, 0.25) is 0 Å². The second-order valence-electron chi connectivity index (χ2n) is 5.98. The fraction of sp³-hybridized carbons (Fsp3) is 0.238. The molecule has 0 radical (unpaired) electrons. The summed E-state index contributed by atoms with van der Waals surface area (Å²) in [6.45, 7) is 2.83. The molecule has 3 aromatic rings. The molecule has 0 unspecified atom stereocenters. The Hall–Kier alpha value is -2.40. The van der Waals surface area contributed by atoms with Gasteiger partial charge in [-0.25, -0.2) is 14.4 Å². The minimum Gasteiger partial charge on any atom is -0.370 e. The van der Waals surface area contributed by atoms with Crippen molar-refractivity contribution in [1.82, 2.24) is 9.97 Å². The Kier molecular flexibility index (Phi) is 6.23. The fourth-order valence-electron chi connectivity index (χ4n) is 2.69. The Labute approximate surface area is 158 Å². The lowest BCUT2D eigenvalue weighted by molar-refractivity contribution is 0.625. The number of benzene rings is 2. The Bertz CT molecular complexity index is 865. The maximum Gasteiger partial charge on any atom is 0.189 e. The van der Waals surface area contributed by atoms with E-state index in [0.717, 1.165) is 40.6 Å². The summed E-state index contributed by atoms with van der Waals surface area (Å²) in [7, 11) is 0. The number of aromatic nitrogens is 2. The monoisotopic (exact) mass is 367 g/mol. The number of hydrogen-bond donors (Lipinski definition) is 1. The van der Waals surface area contributed by atoms with Crippen LogP contribution >= 0.6 is 11.8 Å². The van der Waals surface area contributed by atoms with E-state index < -0.39 is 0 Å². The highest BCUT2D eigenvalue weighted by atomic mass is 32.2. The number of hydrogen-bond acceptors (Lipinski definition) is 4. The number of thioether (sulfide) groups is 1. The van der Waals surface area contributed by atoms with Gasteiger partial charge in [0.1, 0.15) is 11.6 Å². The minimum absolute atomic E-state index is 0.202. The van der Waals surface area contributed by atoms with E-state index in [0.29, 0.717) is 6.54 Å². The van der Waals surface area contributed by atoms with Crippen LogP contribution in [0.3, 0.4) is 0 Å². The Balaban J connectivity index is 1.74. The molecule has 0 spiro atoms. The van der Waals surface area contributed by atoms with Gasteiger partial charge in [0.25, 0.3) is 0 Å². The van der Waals surface area contributed by atoms with Gasteiger partial charge in [-0.3, -0.25) is 0 Å². The first-order chi connectivity index (χ1) is 12.7. The van der Waals surface area contributed by atoms with E-state index in [4.69, 9.17) is 0 Å². The van der Waals surface area contributed by atoms with Crippen LogP contribution in [0.15, 0.2) is 59.8 Å². The zero-order valence-electron chi connectivity index (χ0n) is 15.0.